The smallest absolute Gasteiger partial charge is 0.269 e. The second-order valence-electron chi connectivity index (χ2n) is 5.82. The number of hydrogen-bond acceptors (Lipinski definition) is 3. The third-order valence-electron chi connectivity index (χ3n) is 3.79. The zero-order valence-electron chi connectivity index (χ0n) is 14.2. The molecule has 0 atom stereocenters. The van der Waals surface area contributed by atoms with Crippen LogP contribution in [0.5, 0.6) is 0 Å². The molecular formula is C20H16ClF2N3O. The number of aromatic nitrogens is 1. The summed E-state index contributed by atoms with van der Waals surface area (Å²) in [6, 6.07) is 14.1. The number of carbonyl (C=O) groups excluding carboxylic acids is 1. The number of benzene rings is 2. The van der Waals surface area contributed by atoms with Gasteiger partial charge in [0.25, 0.3) is 5.91 Å². The van der Waals surface area contributed by atoms with Crippen molar-refractivity contribution in [2.24, 2.45) is 0 Å². The van der Waals surface area contributed by atoms with Gasteiger partial charge < -0.3 is 10.6 Å². The van der Waals surface area contributed by atoms with E-state index in [1.54, 1.807) is 12.1 Å². The molecule has 138 valence electrons. The first-order valence-corrected chi connectivity index (χ1v) is 8.60. The second kappa shape index (κ2) is 8.60. The molecule has 0 bridgehead atoms. The van der Waals surface area contributed by atoms with Crippen LogP contribution in [0.25, 0.3) is 0 Å². The molecule has 7 heteroatoms. The van der Waals surface area contributed by atoms with Crippen molar-refractivity contribution >= 4 is 28.9 Å². The lowest BCUT2D eigenvalue weighted by atomic mass is 10.1. The first kappa shape index (κ1) is 18.8. The zero-order chi connectivity index (χ0) is 19.2. The maximum absolute atomic E-state index is 13.3. The molecule has 0 unspecified atom stereocenters. The van der Waals surface area contributed by atoms with Crippen molar-refractivity contribution in [1.29, 1.82) is 0 Å². The van der Waals surface area contributed by atoms with Gasteiger partial charge in [0.05, 0.1) is 0 Å². The van der Waals surface area contributed by atoms with E-state index in [0.29, 0.717) is 29.4 Å². The van der Waals surface area contributed by atoms with Gasteiger partial charge in [0.1, 0.15) is 5.69 Å². The molecule has 0 saturated carbocycles. The normalized spacial score (nSPS) is 10.5. The summed E-state index contributed by atoms with van der Waals surface area (Å²) in [4.78, 5) is 16.3. The number of hydrogen-bond donors (Lipinski definition) is 2. The van der Waals surface area contributed by atoms with Gasteiger partial charge in [0, 0.05) is 35.2 Å². The Morgan fingerprint density at radius 3 is 2.59 bits per heavy atom. The highest BCUT2D eigenvalue weighted by molar-refractivity contribution is 6.30. The number of halogens is 3. The average Bonchev–Trinajstić information content (AvgIpc) is 2.65. The molecule has 3 aromatic rings. The maximum Gasteiger partial charge on any atom is 0.269 e. The van der Waals surface area contributed by atoms with Gasteiger partial charge in [0.15, 0.2) is 11.6 Å². The number of nitrogens with one attached hydrogen (secondary N) is 2. The van der Waals surface area contributed by atoms with Gasteiger partial charge in [-0.1, -0.05) is 23.7 Å². The van der Waals surface area contributed by atoms with Crippen LogP contribution < -0.4 is 10.6 Å². The number of anilines is 2. The van der Waals surface area contributed by atoms with Crippen LogP contribution in [-0.4, -0.2) is 17.4 Å². The molecule has 2 N–H and O–H groups in total. The van der Waals surface area contributed by atoms with Gasteiger partial charge in [-0.15, -0.1) is 0 Å². The Morgan fingerprint density at radius 2 is 1.81 bits per heavy atom. The molecule has 1 aromatic heterocycles. The molecule has 1 heterocycles. The van der Waals surface area contributed by atoms with Crippen molar-refractivity contribution in [2.45, 2.75) is 6.42 Å². The van der Waals surface area contributed by atoms with Crippen LogP contribution in [0.15, 0.2) is 60.8 Å². The minimum atomic E-state index is -0.951. The Hall–Kier alpha value is -2.99. The standard InChI is InChI=1S/C20H16ClF2N3O/c21-14-3-1-2-13(10-14)6-8-25-20(27)19-12-16(7-9-24-19)26-15-4-5-17(22)18(23)11-15/h1-5,7,9-12H,6,8H2,(H,24,26)(H,25,27). The summed E-state index contributed by atoms with van der Waals surface area (Å²) in [6.45, 7) is 0.432. The van der Waals surface area contributed by atoms with Crippen molar-refractivity contribution < 1.29 is 13.6 Å². The predicted molar refractivity (Wildman–Crippen MR) is 101 cm³/mol. The SMILES string of the molecule is O=C(NCCc1cccc(Cl)c1)c1cc(Nc2ccc(F)c(F)c2)ccn1. The zero-order valence-corrected chi connectivity index (χ0v) is 14.9. The van der Waals surface area contributed by atoms with Crippen LogP contribution in [0.3, 0.4) is 0 Å². The molecular weight excluding hydrogens is 372 g/mol. The van der Waals surface area contributed by atoms with Crippen molar-refractivity contribution in [3.05, 3.63) is 88.7 Å². The summed E-state index contributed by atoms with van der Waals surface area (Å²) in [6.07, 6.45) is 2.10. The minimum absolute atomic E-state index is 0.216. The van der Waals surface area contributed by atoms with E-state index in [4.69, 9.17) is 11.6 Å². The van der Waals surface area contributed by atoms with E-state index < -0.39 is 11.6 Å². The van der Waals surface area contributed by atoms with E-state index in [9.17, 15) is 13.6 Å². The molecule has 3 rings (SSSR count). The summed E-state index contributed by atoms with van der Waals surface area (Å²) in [5, 5.41) is 6.36. The van der Waals surface area contributed by atoms with Gasteiger partial charge in [0.2, 0.25) is 0 Å². The Kier molecular flexibility index (Phi) is 5.98. The van der Waals surface area contributed by atoms with Gasteiger partial charge >= 0.3 is 0 Å². The Bertz CT molecular complexity index is 965. The van der Waals surface area contributed by atoms with Crippen LogP contribution in [0.2, 0.25) is 5.02 Å². The first-order chi connectivity index (χ1) is 13.0. The first-order valence-electron chi connectivity index (χ1n) is 8.22. The van der Waals surface area contributed by atoms with Gasteiger partial charge in [-0.05, 0) is 48.4 Å². The lowest BCUT2D eigenvalue weighted by molar-refractivity contribution is 0.0949. The Morgan fingerprint density at radius 1 is 1.00 bits per heavy atom. The van der Waals surface area contributed by atoms with E-state index in [0.717, 1.165) is 17.7 Å². The van der Waals surface area contributed by atoms with E-state index in [1.807, 2.05) is 18.2 Å². The van der Waals surface area contributed by atoms with Crippen molar-refractivity contribution in [3.63, 3.8) is 0 Å². The molecule has 0 aliphatic carbocycles. The number of amides is 1. The molecule has 0 saturated heterocycles. The topological polar surface area (TPSA) is 54.0 Å². The molecule has 0 spiro atoms. The molecule has 0 radical (unpaired) electrons. The molecule has 0 aliphatic heterocycles. The number of nitrogens with zero attached hydrogens (tertiary/aromatic N) is 1. The second-order valence-corrected chi connectivity index (χ2v) is 6.26. The molecule has 0 aliphatic rings. The summed E-state index contributed by atoms with van der Waals surface area (Å²) in [5.41, 5.74) is 2.14. The minimum Gasteiger partial charge on any atom is -0.355 e. The summed E-state index contributed by atoms with van der Waals surface area (Å²) < 4.78 is 26.3. The van der Waals surface area contributed by atoms with Crippen LogP contribution >= 0.6 is 11.6 Å². The lowest BCUT2D eigenvalue weighted by Gasteiger charge is -2.09. The van der Waals surface area contributed by atoms with E-state index >= 15 is 0 Å². The third kappa shape index (κ3) is 5.24. The van der Waals surface area contributed by atoms with Gasteiger partial charge in [-0.2, -0.15) is 0 Å². The van der Waals surface area contributed by atoms with Crippen molar-refractivity contribution in [2.75, 3.05) is 11.9 Å². The van der Waals surface area contributed by atoms with Crippen molar-refractivity contribution in [1.82, 2.24) is 10.3 Å². The van der Waals surface area contributed by atoms with Crippen molar-refractivity contribution in [3.8, 4) is 0 Å². The van der Waals surface area contributed by atoms with E-state index in [2.05, 4.69) is 15.6 Å². The van der Waals surface area contributed by atoms with E-state index in [-0.39, 0.29) is 11.6 Å². The van der Waals surface area contributed by atoms with E-state index in [1.165, 1.54) is 18.3 Å². The highest BCUT2D eigenvalue weighted by Gasteiger charge is 2.09. The maximum atomic E-state index is 13.3. The molecule has 0 fully saturated rings. The summed E-state index contributed by atoms with van der Waals surface area (Å²) in [7, 11) is 0. The van der Waals surface area contributed by atoms with Gasteiger partial charge in [-0.25, -0.2) is 8.78 Å². The van der Waals surface area contributed by atoms with Crippen LogP contribution in [0.1, 0.15) is 16.1 Å². The molecule has 1 amide bonds. The number of pyridine rings is 1. The van der Waals surface area contributed by atoms with Gasteiger partial charge in [-0.3, -0.25) is 9.78 Å². The monoisotopic (exact) mass is 387 g/mol. The highest BCUT2D eigenvalue weighted by atomic mass is 35.5. The Balaban J connectivity index is 1.60. The Labute approximate surface area is 160 Å². The lowest BCUT2D eigenvalue weighted by Crippen LogP contribution is -2.26. The fraction of sp³-hybridized carbons (Fsp3) is 0.100. The van der Waals surface area contributed by atoms with Crippen LogP contribution in [0, 0.1) is 11.6 Å². The largest absolute Gasteiger partial charge is 0.355 e. The predicted octanol–water partition coefficient (Wildman–Crippen LogP) is 4.73. The molecule has 4 nitrogen and oxygen atoms in total. The van der Waals surface area contributed by atoms with Crippen LogP contribution in [-0.2, 0) is 6.42 Å². The number of rotatable bonds is 6. The molecule has 27 heavy (non-hydrogen) atoms. The fourth-order valence-corrected chi connectivity index (χ4v) is 2.69. The quantitative estimate of drug-likeness (QED) is 0.643. The summed E-state index contributed by atoms with van der Waals surface area (Å²) in [5.74, 6) is -2.20. The fourth-order valence-electron chi connectivity index (χ4n) is 2.48. The third-order valence-corrected chi connectivity index (χ3v) is 4.02. The highest BCUT2D eigenvalue weighted by Crippen LogP contribution is 2.19. The average molecular weight is 388 g/mol. The number of carbonyl (C=O) groups is 1. The molecule has 2 aromatic carbocycles. The summed E-state index contributed by atoms with van der Waals surface area (Å²) >= 11 is 5.94. The van der Waals surface area contributed by atoms with Crippen LogP contribution in [0.4, 0.5) is 20.2 Å².